The van der Waals surface area contributed by atoms with Crippen LogP contribution in [0, 0.1) is 0 Å². The van der Waals surface area contributed by atoms with Gasteiger partial charge in [0.25, 0.3) is 0 Å². The third-order valence-corrected chi connectivity index (χ3v) is 4.35. The van der Waals surface area contributed by atoms with Crippen molar-refractivity contribution in [3.8, 4) is 5.75 Å². The molecule has 3 amide bonds. The summed E-state index contributed by atoms with van der Waals surface area (Å²) < 4.78 is 41.7. The Bertz CT molecular complexity index is 667. The van der Waals surface area contributed by atoms with Crippen LogP contribution in [0.15, 0.2) is 24.3 Å². The maximum Gasteiger partial charge on any atom is 0.405 e. The number of benzene rings is 1. The lowest BCUT2D eigenvalue weighted by Gasteiger charge is -2.34. The van der Waals surface area contributed by atoms with Gasteiger partial charge in [0.15, 0.2) is 0 Å². The second-order valence-electron chi connectivity index (χ2n) is 6.24. The number of carbonyl (C=O) groups is 2. The zero-order valence-electron chi connectivity index (χ0n) is 15.1. The van der Waals surface area contributed by atoms with E-state index in [4.69, 9.17) is 16.3 Å². The minimum atomic E-state index is -4.52. The van der Waals surface area contributed by atoms with E-state index in [9.17, 15) is 22.8 Å². The maximum absolute atomic E-state index is 12.0. The Labute approximate surface area is 165 Å². The standard InChI is InChI=1S/C17H22ClF3N4O3/c18-13-3-1-2-4-14(13)28-10-9-24-5-7-25(8-6-24)11-15(26)23-16(27)22-12-17(19,20)21/h1-4H,5-12H2,(H2,22,23,26,27). The Morgan fingerprint density at radius 1 is 1.11 bits per heavy atom. The first-order chi connectivity index (χ1) is 13.2. The Kier molecular flexibility index (Phi) is 8.34. The van der Waals surface area contributed by atoms with E-state index in [0.29, 0.717) is 50.1 Å². The van der Waals surface area contributed by atoms with Crippen molar-refractivity contribution < 1.29 is 27.5 Å². The first kappa shape index (κ1) is 22.3. The molecule has 1 saturated heterocycles. The predicted octanol–water partition coefficient (Wildman–Crippen LogP) is 1.72. The van der Waals surface area contributed by atoms with Crippen molar-refractivity contribution in [1.29, 1.82) is 0 Å². The molecule has 0 spiro atoms. The van der Waals surface area contributed by atoms with Crippen LogP contribution in [0.4, 0.5) is 18.0 Å². The van der Waals surface area contributed by atoms with Crippen molar-refractivity contribution in [3.63, 3.8) is 0 Å². The molecule has 0 radical (unpaired) electrons. The molecular weight excluding hydrogens is 401 g/mol. The summed E-state index contributed by atoms with van der Waals surface area (Å²) in [7, 11) is 0. The van der Waals surface area contributed by atoms with Gasteiger partial charge in [0, 0.05) is 32.7 Å². The van der Waals surface area contributed by atoms with Crippen LogP contribution in [-0.2, 0) is 4.79 Å². The molecule has 11 heteroatoms. The summed E-state index contributed by atoms with van der Waals surface area (Å²) in [5.41, 5.74) is 0. The van der Waals surface area contributed by atoms with Gasteiger partial charge in [0.2, 0.25) is 5.91 Å². The summed E-state index contributed by atoms with van der Waals surface area (Å²) in [6.45, 7) is 2.26. The van der Waals surface area contributed by atoms with Gasteiger partial charge in [-0.25, -0.2) is 4.79 Å². The fraction of sp³-hybridized carbons (Fsp3) is 0.529. The van der Waals surface area contributed by atoms with Crippen LogP contribution in [0.2, 0.25) is 5.02 Å². The van der Waals surface area contributed by atoms with Crippen LogP contribution in [0.5, 0.6) is 5.75 Å². The first-order valence-corrected chi connectivity index (χ1v) is 9.07. The summed E-state index contributed by atoms with van der Waals surface area (Å²) in [6.07, 6.45) is -4.52. The molecule has 2 rings (SSSR count). The Morgan fingerprint density at radius 2 is 1.75 bits per heavy atom. The molecule has 0 bridgehead atoms. The zero-order chi connectivity index (χ0) is 20.6. The molecule has 1 fully saturated rings. The van der Waals surface area contributed by atoms with Crippen LogP contribution in [0.3, 0.4) is 0 Å². The summed E-state index contributed by atoms with van der Waals surface area (Å²) in [5.74, 6) is -0.0153. The van der Waals surface area contributed by atoms with E-state index in [0.717, 1.165) is 0 Å². The number of nitrogens with one attached hydrogen (secondary N) is 2. The summed E-state index contributed by atoms with van der Waals surface area (Å²) in [5, 5.41) is 4.04. The minimum absolute atomic E-state index is 0.0522. The van der Waals surface area contributed by atoms with Crippen LogP contribution in [-0.4, -0.2) is 80.3 Å². The van der Waals surface area contributed by atoms with E-state index >= 15 is 0 Å². The van der Waals surface area contributed by atoms with E-state index in [1.165, 1.54) is 0 Å². The Hall–Kier alpha value is -2.04. The number of amides is 3. The summed E-state index contributed by atoms with van der Waals surface area (Å²) in [4.78, 5) is 27.0. The molecule has 0 aromatic heterocycles. The number of hydrogen-bond acceptors (Lipinski definition) is 5. The van der Waals surface area contributed by atoms with E-state index in [1.54, 1.807) is 17.4 Å². The van der Waals surface area contributed by atoms with E-state index in [1.807, 2.05) is 22.3 Å². The molecule has 1 heterocycles. The lowest BCUT2D eigenvalue weighted by Crippen LogP contribution is -2.52. The molecular formula is C17H22ClF3N4O3. The van der Waals surface area contributed by atoms with Gasteiger partial charge >= 0.3 is 12.2 Å². The molecule has 28 heavy (non-hydrogen) atoms. The van der Waals surface area contributed by atoms with Crippen molar-refractivity contribution >= 4 is 23.5 Å². The highest BCUT2D eigenvalue weighted by atomic mass is 35.5. The molecule has 1 aromatic carbocycles. The number of urea groups is 1. The van der Waals surface area contributed by atoms with E-state index in [-0.39, 0.29) is 6.54 Å². The molecule has 1 aromatic rings. The largest absolute Gasteiger partial charge is 0.491 e. The van der Waals surface area contributed by atoms with Crippen molar-refractivity contribution in [2.45, 2.75) is 6.18 Å². The molecule has 0 aliphatic carbocycles. The van der Waals surface area contributed by atoms with Gasteiger partial charge in [-0.15, -0.1) is 0 Å². The smallest absolute Gasteiger partial charge is 0.405 e. The average Bonchev–Trinajstić information content (AvgIpc) is 2.62. The van der Waals surface area contributed by atoms with Gasteiger partial charge in [-0.2, -0.15) is 13.2 Å². The van der Waals surface area contributed by atoms with Crippen LogP contribution in [0.25, 0.3) is 0 Å². The lowest BCUT2D eigenvalue weighted by atomic mass is 10.3. The number of rotatable bonds is 7. The summed E-state index contributed by atoms with van der Waals surface area (Å²) in [6, 6.07) is 6.06. The van der Waals surface area contributed by atoms with Crippen molar-refractivity contribution in [2.24, 2.45) is 0 Å². The number of ether oxygens (including phenoxy) is 1. The van der Waals surface area contributed by atoms with Gasteiger partial charge in [-0.1, -0.05) is 23.7 Å². The van der Waals surface area contributed by atoms with Gasteiger partial charge < -0.3 is 10.1 Å². The van der Waals surface area contributed by atoms with Crippen LogP contribution >= 0.6 is 11.6 Å². The Balaban J connectivity index is 1.60. The number of hydrogen-bond donors (Lipinski definition) is 2. The molecule has 2 N–H and O–H groups in total. The fourth-order valence-electron chi connectivity index (χ4n) is 2.61. The number of alkyl halides is 3. The van der Waals surface area contributed by atoms with Gasteiger partial charge in [-0.3, -0.25) is 19.9 Å². The quantitative estimate of drug-likeness (QED) is 0.700. The molecule has 1 aliphatic heterocycles. The fourth-order valence-corrected chi connectivity index (χ4v) is 2.80. The van der Waals surface area contributed by atoms with Crippen molar-refractivity contribution in [3.05, 3.63) is 29.3 Å². The topological polar surface area (TPSA) is 73.9 Å². The minimum Gasteiger partial charge on any atom is -0.491 e. The highest BCUT2D eigenvalue weighted by Gasteiger charge is 2.28. The van der Waals surface area contributed by atoms with Crippen molar-refractivity contribution in [2.75, 3.05) is 52.4 Å². The number of imide groups is 1. The van der Waals surface area contributed by atoms with Gasteiger partial charge in [0.1, 0.15) is 18.9 Å². The number of piperazine rings is 1. The number of para-hydroxylation sites is 1. The third kappa shape index (κ3) is 8.32. The molecule has 0 saturated carbocycles. The van der Waals surface area contributed by atoms with Crippen LogP contribution in [0.1, 0.15) is 0 Å². The molecule has 1 aliphatic rings. The zero-order valence-corrected chi connectivity index (χ0v) is 15.9. The normalized spacial score (nSPS) is 15.9. The average molecular weight is 423 g/mol. The van der Waals surface area contributed by atoms with Gasteiger partial charge in [-0.05, 0) is 12.1 Å². The molecule has 7 nitrogen and oxygen atoms in total. The highest BCUT2D eigenvalue weighted by Crippen LogP contribution is 2.22. The van der Waals surface area contributed by atoms with E-state index in [2.05, 4.69) is 4.90 Å². The summed E-state index contributed by atoms with van der Waals surface area (Å²) >= 11 is 6.02. The van der Waals surface area contributed by atoms with Crippen molar-refractivity contribution in [1.82, 2.24) is 20.4 Å². The molecule has 0 unspecified atom stereocenters. The first-order valence-electron chi connectivity index (χ1n) is 8.69. The molecule has 0 atom stereocenters. The number of carbonyl (C=O) groups excluding carboxylic acids is 2. The SMILES string of the molecule is O=C(CN1CCN(CCOc2ccccc2Cl)CC1)NC(=O)NCC(F)(F)F. The van der Waals surface area contributed by atoms with E-state index < -0.39 is 24.7 Å². The monoisotopic (exact) mass is 422 g/mol. The van der Waals surface area contributed by atoms with Crippen LogP contribution < -0.4 is 15.4 Å². The highest BCUT2D eigenvalue weighted by molar-refractivity contribution is 6.32. The third-order valence-electron chi connectivity index (χ3n) is 4.04. The van der Waals surface area contributed by atoms with Gasteiger partial charge in [0.05, 0.1) is 11.6 Å². The predicted molar refractivity (Wildman–Crippen MR) is 97.4 cm³/mol. The Morgan fingerprint density at radius 3 is 2.39 bits per heavy atom. The number of nitrogens with zero attached hydrogens (tertiary/aromatic N) is 2. The number of halogens is 4. The second-order valence-corrected chi connectivity index (χ2v) is 6.65. The lowest BCUT2D eigenvalue weighted by molar-refractivity contribution is -0.125. The maximum atomic E-state index is 12.0. The second kappa shape index (κ2) is 10.5. The molecule has 156 valence electrons.